The molecule has 1 fully saturated rings. The van der Waals surface area contributed by atoms with E-state index in [0.29, 0.717) is 38.3 Å². The van der Waals surface area contributed by atoms with E-state index in [1.807, 2.05) is 23.4 Å². The van der Waals surface area contributed by atoms with E-state index >= 15 is 0 Å². The van der Waals surface area contributed by atoms with Gasteiger partial charge in [0.1, 0.15) is 0 Å². The Morgan fingerprint density at radius 3 is 2.53 bits per heavy atom. The topological polar surface area (TPSA) is 60.9 Å². The minimum atomic E-state index is -3.63. The lowest BCUT2D eigenvalue weighted by Gasteiger charge is -2.35. The van der Waals surface area contributed by atoms with Gasteiger partial charge in [-0.1, -0.05) is 12.1 Å². The zero-order chi connectivity index (χ0) is 22.3. The lowest BCUT2D eigenvalue weighted by atomic mass is 9.97. The number of carbonyl (C=O) groups is 1. The van der Waals surface area contributed by atoms with Crippen LogP contribution in [-0.4, -0.2) is 68.2 Å². The van der Waals surface area contributed by atoms with Gasteiger partial charge in [-0.2, -0.15) is 4.31 Å². The van der Waals surface area contributed by atoms with Crippen molar-refractivity contribution in [3.8, 4) is 0 Å². The summed E-state index contributed by atoms with van der Waals surface area (Å²) in [6.07, 6.45) is 0.819. The van der Waals surface area contributed by atoms with Crippen LogP contribution in [0.3, 0.4) is 0 Å². The molecule has 1 saturated heterocycles. The summed E-state index contributed by atoms with van der Waals surface area (Å²) in [5.41, 5.74) is 1.60. The van der Waals surface area contributed by atoms with Gasteiger partial charge in [-0.25, -0.2) is 8.42 Å². The second-order valence-electron chi connectivity index (χ2n) is 8.20. The number of hydrogen-bond acceptors (Lipinski definition) is 6. The summed E-state index contributed by atoms with van der Waals surface area (Å²) in [6, 6.07) is 12.6. The number of carbonyl (C=O) groups excluding carboxylic acids is 1. The predicted molar refractivity (Wildman–Crippen MR) is 128 cm³/mol. The summed E-state index contributed by atoms with van der Waals surface area (Å²) in [6.45, 7) is 2.95. The van der Waals surface area contributed by atoms with Gasteiger partial charge >= 0.3 is 0 Å². The van der Waals surface area contributed by atoms with Gasteiger partial charge in [0.2, 0.25) is 10.0 Å². The summed E-state index contributed by atoms with van der Waals surface area (Å²) in [5, 5.41) is 4.12. The maximum absolute atomic E-state index is 13.7. The van der Waals surface area contributed by atoms with Crippen molar-refractivity contribution in [1.82, 2.24) is 14.1 Å². The van der Waals surface area contributed by atoms with E-state index in [1.165, 1.54) is 14.7 Å². The molecule has 0 bridgehead atoms. The molecule has 4 heterocycles. The van der Waals surface area contributed by atoms with Crippen LogP contribution in [0.15, 0.2) is 58.1 Å². The monoisotopic (exact) mass is 487 g/mol. The van der Waals surface area contributed by atoms with E-state index < -0.39 is 10.0 Å². The van der Waals surface area contributed by atoms with Crippen LogP contribution in [-0.2, 0) is 16.4 Å². The van der Waals surface area contributed by atoms with E-state index in [-0.39, 0.29) is 16.8 Å². The molecule has 0 aliphatic carbocycles. The number of sulfonamides is 1. The molecule has 0 unspecified atom stereocenters. The van der Waals surface area contributed by atoms with Crippen LogP contribution in [0, 0.1) is 0 Å². The Balaban J connectivity index is 1.46. The molecule has 9 heteroatoms. The van der Waals surface area contributed by atoms with Gasteiger partial charge in [-0.3, -0.25) is 4.79 Å². The standard InChI is InChI=1S/C23H25N3O3S3/c1-24-10-12-25(13-11-24)32(28,29)18-5-2-4-17(16-18)23(27)26-9-7-20-19(8-15-31-20)22(26)21-6-3-14-30-21/h2-6,8,14-16,22H,7,9-13H2,1H3/t22-/m1/s1. The fraction of sp³-hybridized carbons (Fsp3) is 0.348. The van der Waals surface area contributed by atoms with Gasteiger partial charge < -0.3 is 9.80 Å². The highest BCUT2D eigenvalue weighted by Gasteiger charge is 2.35. The number of thiophene rings is 2. The molecule has 2 aliphatic heterocycles. The first kappa shape index (κ1) is 21.8. The van der Waals surface area contributed by atoms with Crippen LogP contribution < -0.4 is 0 Å². The quantitative estimate of drug-likeness (QED) is 0.565. The van der Waals surface area contributed by atoms with Crippen LogP contribution in [0.2, 0.25) is 0 Å². The number of likely N-dealkylation sites (N-methyl/N-ethyl adjacent to an activating group) is 1. The maximum atomic E-state index is 13.7. The van der Waals surface area contributed by atoms with Crippen LogP contribution in [0.1, 0.15) is 31.7 Å². The normalized spacial score (nSPS) is 20.3. The third-order valence-electron chi connectivity index (χ3n) is 6.22. The van der Waals surface area contributed by atoms with E-state index in [0.717, 1.165) is 11.3 Å². The SMILES string of the molecule is CN1CCN(S(=O)(=O)c2cccc(C(=O)N3CCc4sccc4[C@@H]3c3cccs3)c2)CC1. The number of benzene rings is 1. The molecule has 6 nitrogen and oxygen atoms in total. The first-order valence-corrected chi connectivity index (χ1v) is 13.8. The van der Waals surface area contributed by atoms with Crippen molar-refractivity contribution in [2.45, 2.75) is 17.4 Å². The minimum absolute atomic E-state index is 0.129. The average molecular weight is 488 g/mol. The van der Waals surface area contributed by atoms with Crippen LogP contribution in [0.5, 0.6) is 0 Å². The van der Waals surface area contributed by atoms with E-state index in [9.17, 15) is 13.2 Å². The smallest absolute Gasteiger partial charge is 0.254 e. The summed E-state index contributed by atoms with van der Waals surface area (Å²) in [4.78, 5) is 20.3. The average Bonchev–Trinajstić information content (AvgIpc) is 3.50. The number of fused-ring (bicyclic) bond motifs is 1. The van der Waals surface area contributed by atoms with Crippen molar-refractivity contribution < 1.29 is 13.2 Å². The Bertz CT molecular complexity index is 1210. The molecule has 0 spiro atoms. The highest BCUT2D eigenvalue weighted by molar-refractivity contribution is 7.89. The Morgan fingerprint density at radius 2 is 1.78 bits per heavy atom. The molecule has 5 rings (SSSR count). The molecular formula is C23H25N3O3S3. The minimum Gasteiger partial charge on any atom is -0.326 e. The van der Waals surface area contributed by atoms with Crippen LogP contribution in [0.4, 0.5) is 0 Å². The molecule has 0 radical (unpaired) electrons. The molecule has 168 valence electrons. The van der Waals surface area contributed by atoms with Crippen molar-refractivity contribution in [3.63, 3.8) is 0 Å². The Morgan fingerprint density at radius 1 is 0.969 bits per heavy atom. The zero-order valence-corrected chi connectivity index (χ0v) is 20.3. The number of amides is 1. The van der Waals surface area contributed by atoms with E-state index in [2.05, 4.69) is 22.4 Å². The van der Waals surface area contributed by atoms with Crippen molar-refractivity contribution in [3.05, 3.63) is 74.1 Å². The first-order chi connectivity index (χ1) is 15.4. The van der Waals surface area contributed by atoms with Gasteiger partial charge in [0.25, 0.3) is 5.91 Å². The number of nitrogens with zero attached hydrogens (tertiary/aromatic N) is 3. The molecule has 1 amide bonds. The molecular weight excluding hydrogens is 462 g/mol. The zero-order valence-electron chi connectivity index (χ0n) is 17.8. The lowest BCUT2D eigenvalue weighted by Crippen LogP contribution is -2.47. The number of piperazine rings is 1. The molecule has 32 heavy (non-hydrogen) atoms. The third kappa shape index (κ3) is 3.92. The summed E-state index contributed by atoms with van der Waals surface area (Å²) >= 11 is 3.38. The number of rotatable bonds is 4. The molecule has 0 N–H and O–H groups in total. The van der Waals surface area contributed by atoms with E-state index in [4.69, 9.17) is 0 Å². The highest BCUT2D eigenvalue weighted by Crippen LogP contribution is 2.40. The summed E-state index contributed by atoms with van der Waals surface area (Å²) < 4.78 is 27.9. The fourth-order valence-corrected chi connectivity index (χ4v) is 7.65. The lowest BCUT2D eigenvalue weighted by molar-refractivity contribution is 0.0698. The summed E-state index contributed by atoms with van der Waals surface area (Å²) in [7, 11) is -1.64. The summed E-state index contributed by atoms with van der Waals surface area (Å²) in [5.74, 6) is -0.129. The van der Waals surface area contributed by atoms with Crippen molar-refractivity contribution in [2.75, 3.05) is 39.8 Å². The van der Waals surface area contributed by atoms with Crippen molar-refractivity contribution in [1.29, 1.82) is 0 Å². The second-order valence-corrected chi connectivity index (χ2v) is 12.1. The molecule has 2 aliphatic rings. The predicted octanol–water partition coefficient (Wildman–Crippen LogP) is 3.53. The molecule has 1 aromatic carbocycles. The van der Waals surface area contributed by atoms with Gasteiger partial charge in [0, 0.05) is 48.0 Å². The van der Waals surface area contributed by atoms with Gasteiger partial charge in [-0.05, 0) is 60.1 Å². The Kier molecular flexibility index (Phi) is 5.94. The maximum Gasteiger partial charge on any atom is 0.254 e. The van der Waals surface area contributed by atoms with Gasteiger partial charge in [-0.15, -0.1) is 22.7 Å². The van der Waals surface area contributed by atoms with Gasteiger partial charge in [0.05, 0.1) is 10.9 Å². The van der Waals surface area contributed by atoms with Crippen molar-refractivity contribution in [2.24, 2.45) is 0 Å². The molecule has 2 aromatic heterocycles. The second kappa shape index (κ2) is 8.72. The number of hydrogen-bond donors (Lipinski definition) is 0. The first-order valence-electron chi connectivity index (χ1n) is 10.6. The molecule has 1 atom stereocenters. The van der Waals surface area contributed by atoms with Gasteiger partial charge in [0.15, 0.2) is 0 Å². The van der Waals surface area contributed by atoms with Crippen LogP contribution in [0.25, 0.3) is 0 Å². The Hall–Kier alpha value is -2.04. The van der Waals surface area contributed by atoms with Crippen molar-refractivity contribution >= 4 is 38.6 Å². The third-order valence-corrected chi connectivity index (χ3v) is 10.0. The Labute approximate surface area is 196 Å². The molecule has 0 saturated carbocycles. The largest absolute Gasteiger partial charge is 0.326 e. The molecule has 3 aromatic rings. The van der Waals surface area contributed by atoms with E-state index in [1.54, 1.807) is 46.9 Å². The van der Waals surface area contributed by atoms with Crippen LogP contribution >= 0.6 is 22.7 Å². The highest BCUT2D eigenvalue weighted by atomic mass is 32.2. The fourth-order valence-electron chi connectivity index (χ4n) is 4.42.